The van der Waals surface area contributed by atoms with Gasteiger partial charge in [0.1, 0.15) is 5.82 Å². The van der Waals surface area contributed by atoms with E-state index in [0.717, 1.165) is 5.56 Å². The lowest BCUT2D eigenvalue weighted by molar-refractivity contribution is 0.706. The van der Waals surface area contributed by atoms with Gasteiger partial charge in [0.25, 0.3) is 5.56 Å². The summed E-state index contributed by atoms with van der Waals surface area (Å²) in [5, 5.41) is 1.23. The molecule has 0 aliphatic rings. The van der Waals surface area contributed by atoms with Crippen LogP contribution >= 0.6 is 23.2 Å². The molecule has 0 fully saturated rings. The van der Waals surface area contributed by atoms with Crippen molar-refractivity contribution < 1.29 is 0 Å². The largest absolute Gasteiger partial charge is 0.291 e. The lowest BCUT2D eigenvalue weighted by atomic mass is 10.2. The van der Waals surface area contributed by atoms with Gasteiger partial charge in [0.05, 0.1) is 23.3 Å². The van der Waals surface area contributed by atoms with Crippen molar-refractivity contribution >= 4 is 34.1 Å². The van der Waals surface area contributed by atoms with Crippen molar-refractivity contribution in [3.63, 3.8) is 0 Å². The van der Waals surface area contributed by atoms with Crippen molar-refractivity contribution in [1.82, 2.24) is 9.55 Å². The van der Waals surface area contributed by atoms with Crippen molar-refractivity contribution in [2.45, 2.75) is 12.4 Å². The molecule has 1 aromatic heterocycles. The summed E-state index contributed by atoms with van der Waals surface area (Å²) in [6.45, 7) is 0.402. The van der Waals surface area contributed by atoms with Gasteiger partial charge in [-0.3, -0.25) is 9.36 Å². The predicted molar refractivity (Wildman–Crippen MR) is 86.1 cm³/mol. The Kier molecular flexibility index (Phi) is 3.95. The van der Waals surface area contributed by atoms with E-state index in [0.29, 0.717) is 28.3 Å². The van der Waals surface area contributed by atoms with E-state index in [1.165, 1.54) is 0 Å². The van der Waals surface area contributed by atoms with Crippen molar-refractivity contribution in [2.75, 3.05) is 0 Å². The second-order valence-electron chi connectivity index (χ2n) is 4.70. The highest BCUT2D eigenvalue weighted by molar-refractivity contribution is 6.30. The molecule has 0 bridgehead atoms. The first-order chi connectivity index (χ1) is 10.2. The summed E-state index contributed by atoms with van der Waals surface area (Å²) in [4.78, 5) is 17.1. The van der Waals surface area contributed by atoms with Gasteiger partial charge in [-0.2, -0.15) is 0 Å². The molecule has 106 valence electrons. The molecule has 3 aromatic rings. The molecule has 1 heterocycles. The second-order valence-corrected chi connectivity index (χ2v) is 5.40. The predicted octanol–water partition coefficient (Wildman–Crippen LogP) is 3.84. The van der Waals surface area contributed by atoms with Crippen LogP contribution < -0.4 is 5.56 Å². The molecule has 21 heavy (non-hydrogen) atoms. The van der Waals surface area contributed by atoms with Crippen LogP contribution in [-0.4, -0.2) is 9.55 Å². The fourth-order valence-electron chi connectivity index (χ4n) is 2.30. The van der Waals surface area contributed by atoms with Gasteiger partial charge in [-0.1, -0.05) is 35.9 Å². The van der Waals surface area contributed by atoms with Crippen LogP contribution in [0.1, 0.15) is 11.4 Å². The summed E-state index contributed by atoms with van der Waals surface area (Å²) in [6.07, 6.45) is 0. The molecule has 0 atom stereocenters. The lowest BCUT2D eigenvalue weighted by Gasteiger charge is -2.12. The third-order valence-electron chi connectivity index (χ3n) is 3.29. The van der Waals surface area contributed by atoms with Crippen LogP contribution in [0.2, 0.25) is 5.02 Å². The number of nitrogens with zero attached hydrogens (tertiary/aromatic N) is 2. The zero-order valence-corrected chi connectivity index (χ0v) is 12.6. The monoisotopic (exact) mass is 318 g/mol. The first-order valence-corrected chi connectivity index (χ1v) is 7.39. The van der Waals surface area contributed by atoms with E-state index in [-0.39, 0.29) is 11.4 Å². The van der Waals surface area contributed by atoms with Gasteiger partial charge in [0.2, 0.25) is 0 Å². The zero-order valence-electron chi connectivity index (χ0n) is 11.1. The van der Waals surface area contributed by atoms with Gasteiger partial charge in [0.15, 0.2) is 0 Å². The minimum atomic E-state index is -0.0868. The molecule has 5 heteroatoms. The number of rotatable bonds is 3. The molecule has 0 spiro atoms. The first-order valence-electron chi connectivity index (χ1n) is 6.48. The summed E-state index contributed by atoms with van der Waals surface area (Å²) in [6, 6.07) is 14.7. The van der Waals surface area contributed by atoms with Crippen LogP contribution in [0.5, 0.6) is 0 Å². The SMILES string of the molecule is O=c1c2ccccc2nc(CCl)n1Cc1cccc(Cl)c1. The Balaban J connectivity index is 2.17. The fraction of sp³-hybridized carbons (Fsp3) is 0.125. The molecule has 0 N–H and O–H groups in total. The Hall–Kier alpha value is -1.84. The van der Waals surface area contributed by atoms with Gasteiger partial charge >= 0.3 is 0 Å². The lowest BCUT2D eigenvalue weighted by Crippen LogP contribution is -2.25. The molecule has 0 radical (unpaired) electrons. The third-order valence-corrected chi connectivity index (χ3v) is 3.76. The quantitative estimate of drug-likeness (QED) is 0.688. The summed E-state index contributed by atoms with van der Waals surface area (Å²) in [5.41, 5.74) is 1.52. The molecular weight excluding hydrogens is 307 g/mol. The number of hydrogen-bond donors (Lipinski definition) is 0. The highest BCUT2D eigenvalue weighted by Crippen LogP contribution is 2.14. The minimum Gasteiger partial charge on any atom is -0.291 e. The van der Waals surface area contributed by atoms with E-state index in [1.807, 2.05) is 36.4 Å². The van der Waals surface area contributed by atoms with Crippen LogP contribution in [-0.2, 0) is 12.4 Å². The van der Waals surface area contributed by atoms with Gasteiger partial charge in [-0.05, 0) is 29.8 Å². The number of alkyl halides is 1. The van der Waals surface area contributed by atoms with E-state index in [2.05, 4.69) is 4.98 Å². The molecule has 0 aliphatic carbocycles. The van der Waals surface area contributed by atoms with Gasteiger partial charge < -0.3 is 0 Å². The molecule has 0 unspecified atom stereocenters. The Bertz CT molecular complexity index is 858. The van der Waals surface area contributed by atoms with Gasteiger partial charge in [0, 0.05) is 5.02 Å². The Morgan fingerprint density at radius 3 is 2.67 bits per heavy atom. The third kappa shape index (κ3) is 2.80. The van der Waals surface area contributed by atoms with Crippen molar-refractivity contribution in [3.8, 4) is 0 Å². The highest BCUT2D eigenvalue weighted by Gasteiger charge is 2.10. The number of hydrogen-bond acceptors (Lipinski definition) is 2. The number of halogens is 2. The molecule has 0 saturated heterocycles. The molecule has 0 amide bonds. The topological polar surface area (TPSA) is 34.9 Å². The van der Waals surface area contributed by atoms with Crippen LogP contribution in [0.3, 0.4) is 0 Å². The van der Waals surface area contributed by atoms with E-state index < -0.39 is 0 Å². The van der Waals surface area contributed by atoms with Crippen molar-refractivity contribution in [3.05, 3.63) is 75.3 Å². The summed E-state index contributed by atoms with van der Waals surface area (Å²) < 4.78 is 1.60. The maximum absolute atomic E-state index is 12.6. The van der Waals surface area contributed by atoms with Crippen molar-refractivity contribution in [2.24, 2.45) is 0 Å². The fourth-order valence-corrected chi connectivity index (χ4v) is 2.71. The number of fused-ring (bicyclic) bond motifs is 1. The standard InChI is InChI=1S/C16H12Cl2N2O/c17-9-15-19-14-7-2-1-6-13(14)16(21)20(15)10-11-4-3-5-12(18)8-11/h1-8H,9-10H2. The second kappa shape index (κ2) is 5.88. The average molecular weight is 319 g/mol. The number of benzene rings is 2. The maximum atomic E-state index is 12.6. The van der Waals surface area contributed by atoms with Crippen LogP contribution in [0.4, 0.5) is 0 Å². The normalized spacial score (nSPS) is 11.0. The number of para-hydroxylation sites is 1. The average Bonchev–Trinajstić information content (AvgIpc) is 2.50. The maximum Gasteiger partial charge on any atom is 0.261 e. The molecule has 3 rings (SSSR count). The first kappa shape index (κ1) is 14.1. The van der Waals surface area contributed by atoms with Crippen LogP contribution in [0.15, 0.2) is 53.3 Å². The summed E-state index contributed by atoms with van der Waals surface area (Å²) in [5.74, 6) is 0.737. The Morgan fingerprint density at radius 1 is 1.10 bits per heavy atom. The number of aromatic nitrogens is 2. The zero-order chi connectivity index (χ0) is 14.8. The van der Waals surface area contributed by atoms with E-state index >= 15 is 0 Å². The van der Waals surface area contributed by atoms with Crippen LogP contribution in [0.25, 0.3) is 10.9 Å². The van der Waals surface area contributed by atoms with Gasteiger partial charge in [-0.25, -0.2) is 4.98 Å². The molecule has 3 nitrogen and oxygen atoms in total. The Labute approximate surface area is 131 Å². The van der Waals surface area contributed by atoms with E-state index in [4.69, 9.17) is 23.2 Å². The van der Waals surface area contributed by atoms with E-state index in [1.54, 1.807) is 16.7 Å². The molecule has 0 aliphatic heterocycles. The minimum absolute atomic E-state index is 0.0868. The molecule has 2 aromatic carbocycles. The summed E-state index contributed by atoms with van der Waals surface area (Å²) in [7, 11) is 0. The Morgan fingerprint density at radius 2 is 1.90 bits per heavy atom. The summed E-state index contributed by atoms with van der Waals surface area (Å²) >= 11 is 11.9. The van der Waals surface area contributed by atoms with E-state index in [9.17, 15) is 4.79 Å². The smallest absolute Gasteiger partial charge is 0.261 e. The van der Waals surface area contributed by atoms with Crippen molar-refractivity contribution in [1.29, 1.82) is 0 Å². The van der Waals surface area contributed by atoms with Crippen LogP contribution in [0, 0.1) is 0 Å². The highest BCUT2D eigenvalue weighted by atomic mass is 35.5. The molecule has 0 saturated carbocycles. The van der Waals surface area contributed by atoms with Gasteiger partial charge in [-0.15, -0.1) is 11.6 Å². The molecular formula is C16H12Cl2N2O.